The number of halogens is 1. The van der Waals surface area contributed by atoms with Crippen molar-refractivity contribution in [3.63, 3.8) is 0 Å². The van der Waals surface area contributed by atoms with E-state index in [1.807, 2.05) is 30.0 Å². The zero-order valence-corrected chi connectivity index (χ0v) is 14.7. The van der Waals surface area contributed by atoms with Crippen LogP contribution in [-0.2, 0) is 6.54 Å². The van der Waals surface area contributed by atoms with Gasteiger partial charge in [-0.25, -0.2) is 15.0 Å². The van der Waals surface area contributed by atoms with Crippen molar-refractivity contribution in [2.45, 2.75) is 25.3 Å². The molecule has 24 heavy (non-hydrogen) atoms. The van der Waals surface area contributed by atoms with Gasteiger partial charge in [-0.3, -0.25) is 0 Å². The first-order valence-electron chi connectivity index (χ1n) is 8.05. The summed E-state index contributed by atoms with van der Waals surface area (Å²) in [6.07, 6.45) is 7.97. The molecule has 0 N–H and O–H groups in total. The number of rotatable bonds is 4. The second-order valence-corrected chi connectivity index (χ2v) is 7.11. The molecule has 1 atom stereocenters. The van der Waals surface area contributed by atoms with Gasteiger partial charge in [0.15, 0.2) is 0 Å². The van der Waals surface area contributed by atoms with Crippen LogP contribution in [0.1, 0.15) is 30.3 Å². The van der Waals surface area contributed by atoms with Crippen LogP contribution in [0.3, 0.4) is 0 Å². The molecule has 3 aromatic heterocycles. The van der Waals surface area contributed by atoms with Gasteiger partial charge in [-0.15, -0.1) is 11.3 Å². The fourth-order valence-electron chi connectivity index (χ4n) is 3.29. The molecule has 0 saturated carbocycles. The van der Waals surface area contributed by atoms with Crippen LogP contribution < -0.4 is 4.90 Å². The van der Waals surface area contributed by atoms with Crippen molar-refractivity contribution in [3.05, 3.63) is 58.2 Å². The first kappa shape index (κ1) is 15.6. The Bertz CT molecular complexity index is 801. The molecule has 3 aromatic rings. The van der Waals surface area contributed by atoms with Gasteiger partial charge in [-0.2, -0.15) is 0 Å². The average Bonchev–Trinajstić information content (AvgIpc) is 3.28. The molecule has 0 radical (unpaired) electrons. The van der Waals surface area contributed by atoms with Crippen molar-refractivity contribution in [1.82, 2.24) is 19.5 Å². The van der Waals surface area contributed by atoms with E-state index in [1.54, 1.807) is 17.5 Å². The summed E-state index contributed by atoms with van der Waals surface area (Å²) in [4.78, 5) is 15.7. The minimum absolute atomic E-state index is 0.380. The van der Waals surface area contributed by atoms with Crippen LogP contribution in [-0.4, -0.2) is 32.6 Å². The summed E-state index contributed by atoms with van der Waals surface area (Å²) in [6, 6.07) is 3.77. The fraction of sp³-hybridized carbons (Fsp3) is 0.353. The number of piperidine rings is 1. The van der Waals surface area contributed by atoms with Gasteiger partial charge >= 0.3 is 0 Å². The van der Waals surface area contributed by atoms with E-state index in [9.17, 15) is 0 Å². The highest BCUT2D eigenvalue weighted by atomic mass is 35.5. The summed E-state index contributed by atoms with van der Waals surface area (Å²) in [5.74, 6) is 2.38. The number of nitrogens with zero attached hydrogens (tertiary/aromatic N) is 5. The summed E-state index contributed by atoms with van der Waals surface area (Å²) in [5.41, 5.74) is 2.96. The lowest BCUT2D eigenvalue weighted by molar-refractivity contribution is 0.473. The Labute approximate surface area is 150 Å². The van der Waals surface area contributed by atoms with Crippen molar-refractivity contribution in [1.29, 1.82) is 0 Å². The number of anilines is 1. The van der Waals surface area contributed by atoms with Crippen LogP contribution >= 0.6 is 22.9 Å². The number of hydrogen-bond donors (Lipinski definition) is 0. The van der Waals surface area contributed by atoms with Crippen LogP contribution in [0.25, 0.3) is 0 Å². The summed E-state index contributed by atoms with van der Waals surface area (Å²) >= 11 is 7.95. The standard InChI is InChI=1S/C17H18ClN5S/c18-15-4-1-5-19-17(15)22-7-2-3-13(9-22)16-20-6-8-23(16)10-14-11-24-12-21-14/h1,4-6,8,11-13H,2-3,7,9-10H2/t13-/m0/s1. The Hall–Kier alpha value is -1.92. The zero-order valence-electron chi connectivity index (χ0n) is 13.2. The third kappa shape index (κ3) is 3.16. The third-order valence-electron chi connectivity index (χ3n) is 4.39. The molecular weight excluding hydrogens is 342 g/mol. The van der Waals surface area contributed by atoms with E-state index in [-0.39, 0.29) is 0 Å². The summed E-state index contributed by atoms with van der Waals surface area (Å²) in [7, 11) is 0. The number of hydrogen-bond acceptors (Lipinski definition) is 5. The predicted octanol–water partition coefficient (Wildman–Crippen LogP) is 3.82. The van der Waals surface area contributed by atoms with E-state index >= 15 is 0 Å². The fourth-order valence-corrected chi connectivity index (χ4v) is 4.09. The van der Waals surface area contributed by atoms with Crippen molar-refractivity contribution >= 4 is 28.8 Å². The molecule has 124 valence electrons. The lowest BCUT2D eigenvalue weighted by Crippen LogP contribution is -2.36. The molecule has 1 aliphatic rings. The Morgan fingerprint density at radius 2 is 2.21 bits per heavy atom. The monoisotopic (exact) mass is 359 g/mol. The Kier molecular flexibility index (Phi) is 4.49. The van der Waals surface area contributed by atoms with E-state index in [1.165, 1.54) is 0 Å². The zero-order chi connectivity index (χ0) is 16.4. The number of imidazole rings is 1. The Morgan fingerprint density at radius 1 is 1.25 bits per heavy atom. The molecule has 1 aliphatic heterocycles. The summed E-state index contributed by atoms with van der Waals surface area (Å²) in [5, 5.41) is 2.80. The van der Waals surface area contributed by atoms with Crippen LogP contribution in [0, 0.1) is 0 Å². The van der Waals surface area contributed by atoms with E-state index in [4.69, 9.17) is 11.6 Å². The number of pyridine rings is 1. The first-order valence-corrected chi connectivity index (χ1v) is 9.37. The van der Waals surface area contributed by atoms with Crippen molar-refractivity contribution in [2.24, 2.45) is 0 Å². The van der Waals surface area contributed by atoms with Crippen LogP contribution in [0.4, 0.5) is 5.82 Å². The highest BCUT2D eigenvalue weighted by Crippen LogP contribution is 2.31. The maximum absolute atomic E-state index is 6.32. The molecular formula is C17H18ClN5S. The van der Waals surface area contributed by atoms with Gasteiger partial charge < -0.3 is 9.47 Å². The van der Waals surface area contributed by atoms with Gasteiger partial charge in [-0.05, 0) is 25.0 Å². The van der Waals surface area contributed by atoms with E-state index in [2.05, 4.69) is 29.8 Å². The lowest BCUT2D eigenvalue weighted by atomic mass is 9.97. The maximum Gasteiger partial charge on any atom is 0.147 e. The summed E-state index contributed by atoms with van der Waals surface area (Å²) < 4.78 is 2.21. The second kappa shape index (κ2) is 6.91. The van der Waals surface area contributed by atoms with Gasteiger partial charge in [0.1, 0.15) is 11.6 Å². The molecule has 4 heterocycles. The first-order chi connectivity index (χ1) is 11.8. The van der Waals surface area contributed by atoms with Crippen LogP contribution in [0.5, 0.6) is 0 Å². The van der Waals surface area contributed by atoms with Gasteiger partial charge in [0.25, 0.3) is 0 Å². The molecule has 0 unspecified atom stereocenters. The molecule has 1 saturated heterocycles. The van der Waals surface area contributed by atoms with E-state index < -0.39 is 0 Å². The quantitative estimate of drug-likeness (QED) is 0.710. The largest absolute Gasteiger partial charge is 0.355 e. The predicted molar refractivity (Wildman–Crippen MR) is 96.9 cm³/mol. The van der Waals surface area contributed by atoms with Gasteiger partial charge in [-0.1, -0.05) is 11.6 Å². The summed E-state index contributed by atoms with van der Waals surface area (Å²) in [6.45, 7) is 2.66. The highest BCUT2D eigenvalue weighted by molar-refractivity contribution is 7.07. The number of thiazole rings is 1. The lowest BCUT2D eigenvalue weighted by Gasteiger charge is -2.33. The second-order valence-electron chi connectivity index (χ2n) is 5.99. The molecule has 0 spiro atoms. The SMILES string of the molecule is Clc1cccnc1N1CCC[C@H](c2nccn2Cc2cscn2)C1. The molecule has 0 bridgehead atoms. The number of aromatic nitrogens is 4. The van der Waals surface area contributed by atoms with Crippen LogP contribution in [0.2, 0.25) is 5.02 Å². The van der Waals surface area contributed by atoms with E-state index in [0.717, 1.165) is 49.8 Å². The topological polar surface area (TPSA) is 46.8 Å². The maximum atomic E-state index is 6.32. The van der Waals surface area contributed by atoms with Gasteiger partial charge in [0.05, 0.1) is 22.8 Å². The normalized spacial score (nSPS) is 18.0. The molecule has 0 amide bonds. The van der Waals surface area contributed by atoms with E-state index in [0.29, 0.717) is 10.9 Å². The molecule has 7 heteroatoms. The van der Waals surface area contributed by atoms with Crippen LogP contribution in [0.15, 0.2) is 41.6 Å². The van der Waals surface area contributed by atoms with Gasteiger partial charge in [0, 0.05) is 43.0 Å². The highest BCUT2D eigenvalue weighted by Gasteiger charge is 2.26. The van der Waals surface area contributed by atoms with Crippen molar-refractivity contribution in [3.8, 4) is 0 Å². The molecule has 5 nitrogen and oxygen atoms in total. The Morgan fingerprint density at radius 3 is 3.04 bits per heavy atom. The Balaban J connectivity index is 1.55. The smallest absolute Gasteiger partial charge is 0.147 e. The average molecular weight is 360 g/mol. The molecule has 4 rings (SSSR count). The third-order valence-corrected chi connectivity index (χ3v) is 5.32. The molecule has 0 aliphatic carbocycles. The van der Waals surface area contributed by atoms with Gasteiger partial charge in [0.2, 0.25) is 0 Å². The molecule has 1 fully saturated rings. The minimum atomic E-state index is 0.380. The minimum Gasteiger partial charge on any atom is -0.355 e. The molecule has 0 aromatic carbocycles. The van der Waals surface area contributed by atoms with Crippen molar-refractivity contribution in [2.75, 3.05) is 18.0 Å². The van der Waals surface area contributed by atoms with Crippen molar-refractivity contribution < 1.29 is 0 Å².